The summed E-state index contributed by atoms with van der Waals surface area (Å²) < 4.78 is 1.97. The van der Waals surface area contributed by atoms with Gasteiger partial charge in [0.2, 0.25) is 12.2 Å². The zero-order valence-corrected chi connectivity index (χ0v) is 19.6. The summed E-state index contributed by atoms with van der Waals surface area (Å²) in [6.45, 7) is 4.05. The zero-order chi connectivity index (χ0) is 23.9. The van der Waals surface area contributed by atoms with Crippen LogP contribution in [0.5, 0.6) is 0 Å². The molecule has 4 heterocycles. The Balaban J connectivity index is 1.46. The first kappa shape index (κ1) is 23.2. The van der Waals surface area contributed by atoms with Gasteiger partial charge >= 0.3 is 0 Å². The van der Waals surface area contributed by atoms with Gasteiger partial charge < -0.3 is 14.8 Å². The molecule has 0 aliphatic carbocycles. The van der Waals surface area contributed by atoms with Gasteiger partial charge in [0.05, 0.1) is 24.5 Å². The number of aromatic amines is 1. The lowest BCUT2D eigenvalue weighted by atomic mass is 10.1. The molecule has 34 heavy (non-hydrogen) atoms. The van der Waals surface area contributed by atoms with E-state index in [9.17, 15) is 0 Å². The Hall–Kier alpha value is -3.96. The molecule has 4 rings (SSSR count). The molecule has 0 spiro atoms. The van der Waals surface area contributed by atoms with E-state index in [2.05, 4.69) is 40.9 Å². The van der Waals surface area contributed by atoms with E-state index in [1.54, 1.807) is 6.33 Å². The maximum atomic E-state index is 9.03. The summed E-state index contributed by atoms with van der Waals surface area (Å²) in [5.74, 6) is 0.695. The van der Waals surface area contributed by atoms with Gasteiger partial charge in [0.1, 0.15) is 12.0 Å². The van der Waals surface area contributed by atoms with Gasteiger partial charge in [-0.25, -0.2) is 9.97 Å². The maximum absolute atomic E-state index is 9.03. The number of nitrogens with zero attached hydrogens (tertiary/aromatic N) is 10. The highest BCUT2D eigenvalue weighted by molar-refractivity contribution is 5.89. The Morgan fingerprint density at radius 3 is 2.79 bits per heavy atom. The molecule has 1 aliphatic rings. The predicted octanol–water partition coefficient (Wildman–Crippen LogP) is 1.90. The third-order valence-corrected chi connectivity index (χ3v) is 6.15. The molecule has 3 aromatic heterocycles. The van der Waals surface area contributed by atoms with Crippen LogP contribution in [0.1, 0.15) is 19.3 Å². The Kier molecular flexibility index (Phi) is 7.35. The van der Waals surface area contributed by atoms with Crippen molar-refractivity contribution in [3.05, 3.63) is 31.0 Å². The van der Waals surface area contributed by atoms with Crippen molar-refractivity contribution in [1.82, 2.24) is 39.4 Å². The third-order valence-electron chi connectivity index (χ3n) is 6.15. The summed E-state index contributed by atoms with van der Waals surface area (Å²) in [5, 5.41) is 23.6. The lowest BCUT2D eigenvalue weighted by Crippen LogP contribution is -2.55. The van der Waals surface area contributed by atoms with Crippen molar-refractivity contribution in [1.29, 1.82) is 10.5 Å². The third kappa shape index (κ3) is 5.16. The molecular weight excluding hydrogens is 430 g/mol. The minimum atomic E-state index is 0.261. The van der Waals surface area contributed by atoms with Crippen LogP contribution in [-0.2, 0) is 6.54 Å². The van der Waals surface area contributed by atoms with Gasteiger partial charge in [-0.1, -0.05) is 0 Å². The van der Waals surface area contributed by atoms with Crippen molar-refractivity contribution < 1.29 is 0 Å². The van der Waals surface area contributed by atoms with Crippen LogP contribution < -0.4 is 0 Å². The number of unbranched alkanes of at least 4 members (excludes halogenated alkanes) is 1. The molecular formula is C23H29N11. The molecule has 11 heteroatoms. The molecule has 1 N–H and O–H groups in total. The van der Waals surface area contributed by atoms with E-state index in [1.807, 2.05) is 54.5 Å². The molecule has 1 saturated heterocycles. The van der Waals surface area contributed by atoms with Gasteiger partial charge in [-0.2, -0.15) is 15.6 Å². The van der Waals surface area contributed by atoms with Crippen LogP contribution in [0.4, 0.5) is 0 Å². The van der Waals surface area contributed by atoms with Crippen LogP contribution in [0.15, 0.2) is 36.0 Å². The molecule has 0 unspecified atom stereocenters. The number of H-pyrrole nitrogens is 1. The number of aromatic nitrogens is 5. The van der Waals surface area contributed by atoms with Gasteiger partial charge in [-0.3, -0.25) is 9.58 Å². The van der Waals surface area contributed by atoms with E-state index in [-0.39, 0.29) is 6.04 Å². The SMILES string of the molecule is CN(C)C(=NC#N)N1CCN([C@@H](CCCC#N)Cn2cc(-c3ncnc4[nH]ccc34)cn2)CC1. The molecule has 1 aliphatic heterocycles. The van der Waals surface area contributed by atoms with Crippen LogP contribution in [0.25, 0.3) is 22.3 Å². The monoisotopic (exact) mass is 459 g/mol. The van der Waals surface area contributed by atoms with Crippen LogP contribution in [0.2, 0.25) is 0 Å². The highest BCUT2D eigenvalue weighted by Gasteiger charge is 2.26. The van der Waals surface area contributed by atoms with E-state index in [0.29, 0.717) is 12.4 Å². The van der Waals surface area contributed by atoms with Crippen molar-refractivity contribution >= 4 is 17.0 Å². The lowest BCUT2D eigenvalue weighted by molar-refractivity contribution is 0.107. The lowest BCUT2D eigenvalue weighted by Gasteiger charge is -2.41. The number of fused-ring (bicyclic) bond motifs is 1. The van der Waals surface area contributed by atoms with Crippen LogP contribution in [-0.4, -0.2) is 91.7 Å². The summed E-state index contributed by atoms with van der Waals surface area (Å²) in [6.07, 6.45) is 11.5. The van der Waals surface area contributed by atoms with Gasteiger partial charge in [-0.05, 0) is 18.9 Å². The number of hydrogen-bond donors (Lipinski definition) is 1. The van der Waals surface area contributed by atoms with Crippen LogP contribution >= 0.6 is 0 Å². The summed E-state index contributed by atoms with van der Waals surface area (Å²) >= 11 is 0. The fourth-order valence-electron chi connectivity index (χ4n) is 4.50. The number of nitrogens with one attached hydrogen (secondary N) is 1. The normalized spacial score (nSPS) is 15.8. The van der Waals surface area contributed by atoms with E-state index in [1.165, 1.54) is 0 Å². The molecule has 11 nitrogen and oxygen atoms in total. The number of guanidine groups is 1. The molecule has 1 atom stereocenters. The molecule has 0 radical (unpaired) electrons. The largest absolute Gasteiger partial charge is 0.348 e. The first-order valence-electron chi connectivity index (χ1n) is 11.4. The first-order chi connectivity index (χ1) is 16.6. The number of nitriles is 2. The maximum Gasteiger partial charge on any atom is 0.212 e. The Morgan fingerprint density at radius 1 is 1.24 bits per heavy atom. The van der Waals surface area contributed by atoms with Gasteiger partial charge in [0.15, 0.2) is 0 Å². The number of aliphatic imine (C=N–C) groups is 1. The van der Waals surface area contributed by atoms with Crippen molar-refractivity contribution in [2.24, 2.45) is 4.99 Å². The number of rotatable bonds is 7. The number of hydrogen-bond acceptors (Lipinski definition) is 7. The summed E-state index contributed by atoms with van der Waals surface area (Å²) in [7, 11) is 3.81. The zero-order valence-electron chi connectivity index (χ0n) is 19.6. The van der Waals surface area contributed by atoms with E-state index in [0.717, 1.165) is 67.9 Å². The molecule has 3 aromatic rings. The van der Waals surface area contributed by atoms with Crippen molar-refractivity contribution in [3.8, 4) is 23.5 Å². The van der Waals surface area contributed by atoms with Gasteiger partial charge in [-0.15, -0.1) is 4.99 Å². The van der Waals surface area contributed by atoms with Gasteiger partial charge in [0, 0.05) is 76.1 Å². The molecule has 0 bridgehead atoms. The van der Waals surface area contributed by atoms with E-state index < -0.39 is 0 Å². The first-order valence-corrected chi connectivity index (χ1v) is 11.4. The van der Waals surface area contributed by atoms with Crippen molar-refractivity contribution in [2.75, 3.05) is 40.3 Å². The van der Waals surface area contributed by atoms with E-state index in [4.69, 9.17) is 10.5 Å². The van der Waals surface area contributed by atoms with Crippen LogP contribution in [0.3, 0.4) is 0 Å². The fourth-order valence-corrected chi connectivity index (χ4v) is 4.50. The Labute approximate surface area is 198 Å². The molecule has 0 aromatic carbocycles. The number of piperazine rings is 1. The van der Waals surface area contributed by atoms with Crippen molar-refractivity contribution in [3.63, 3.8) is 0 Å². The molecule has 1 fully saturated rings. The Morgan fingerprint density at radius 2 is 2.06 bits per heavy atom. The second-order valence-corrected chi connectivity index (χ2v) is 8.55. The predicted molar refractivity (Wildman–Crippen MR) is 128 cm³/mol. The summed E-state index contributed by atoms with van der Waals surface area (Å²) in [5.41, 5.74) is 2.62. The summed E-state index contributed by atoms with van der Waals surface area (Å²) in [4.78, 5) is 22.3. The second-order valence-electron chi connectivity index (χ2n) is 8.55. The Bertz CT molecular complexity index is 1200. The smallest absolute Gasteiger partial charge is 0.212 e. The molecule has 176 valence electrons. The minimum Gasteiger partial charge on any atom is -0.348 e. The average molecular weight is 460 g/mol. The van der Waals surface area contributed by atoms with E-state index >= 15 is 0 Å². The molecule has 0 amide bonds. The average Bonchev–Trinajstić information content (AvgIpc) is 3.51. The second kappa shape index (κ2) is 10.8. The fraction of sp³-hybridized carbons (Fsp3) is 0.478. The standard InChI is InChI=1S/C23H29N11/c1-31(2)23(27-16-25)33-11-9-32(10-12-33)19(5-3-4-7-24)15-34-14-18(13-30-34)21-20-6-8-26-22(20)29-17-28-21/h6,8,13-14,17,19H,3-5,9-12,15H2,1-2H3,(H,26,28,29)/t19-/m0/s1. The summed E-state index contributed by atoms with van der Waals surface area (Å²) in [6, 6.07) is 4.50. The topological polar surface area (TPSA) is 129 Å². The molecule has 0 saturated carbocycles. The minimum absolute atomic E-state index is 0.261. The van der Waals surface area contributed by atoms with Gasteiger partial charge in [0.25, 0.3) is 0 Å². The highest BCUT2D eigenvalue weighted by atomic mass is 15.4. The highest BCUT2D eigenvalue weighted by Crippen LogP contribution is 2.24. The van der Waals surface area contributed by atoms with Crippen molar-refractivity contribution in [2.45, 2.75) is 31.8 Å². The van der Waals surface area contributed by atoms with Crippen LogP contribution in [0, 0.1) is 22.8 Å². The quantitative estimate of drug-likeness (QED) is 0.245.